The van der Waals surface area contributed by atoms with E-state index in [1.54, 1.807) is 0 Å². The lowest BCUT2D eigenvalue weighted by Gasteiger charge is -2.06. The minimum atomic E-state index is -0.0932. The van der Waals surface area contributed by atoms with Crippen LogP contribution in [0.4, 0.5) is 0 Å². The van der Waals surface area contributed by atoms with Crippen LogP contribution in [0.2, 0.25) is 0 Å². The van der Waals surface area contributed by atoms with Gasteiger partial charge in [-0.15, -0.1) is 10.2 Å². The lowest BCUT2D eigenvalue weighted by molar-refractivity contribution is 1.18. The number of hydrogen-bond acceptors (Lipinski definition) is 3. The molecule has 0 bridgehead atoms. The monoisotopic (exact) mass is 315 g/mol. The predicted molar refractivity (Wildman–Crippen MR) is 97.6 cm³/mol. The molecule has 0 aliphatic rings. The minimum absolute atomic E-state index is 0.0932. The van der Waals surface area contributed by atoms with Gasteiger partial charge in [0.25, 0.3) is 0 Å². The summed E-state index contributed by atoms with van der Waals surface area (Å²) < 4.78 is 0. The Hall–Kier alpha value is -3.47. The molecule has 0 amide bonds. The van der Waals surface area contributed by atoms with Crippen molar-refractivity contribution in [1.82, 2.24) is 4.98 Å². The number of nitrogens with zero attached hydrogens (tertiary/aromatic N) is 3. The van der Waals surface area contributed by atoms with E-state index in [0.717, 1.165) is 16.7 Å². The van der Waals surface area contributed by atoms with Crippen LogP contribution in [-0.4, -0.2) is 16.7 Å². The van der Waals surface area contributed by atoms with Gasteiger partial charge >= 0.3 is 0 Å². The second-order valence-corrected chi connectivity index (χ2v) is 5.14. The Kier molecular flexibility index (Phi) is 4.62. The van der Waals surface area contributed by atoms with Gasteiger partial charge in [0.15, 0.2) is 0 Å². The molecular formula is C19H17N5. The van der Waals surface area contributed by atoms with Gasteiger partial charge in [-0.25, -0.2) is 0 Å². The summed E-state index contributed by atoms with van der Waals surface area (Å²) in [5.74, 6) is -0.0932. The smallest absolute Gasteiger partial charge is 0.211 e. The first-order valence-corrected chi connectivity index (χ1v) is 7.48. The minimum Gasteiger partial charge on any atom is -0.369 e. The van der Waals surface area contributed by atoms with E-state index in [2.05, 4.69) is 15.2 Å². The third-order valence-corrected chi connectivity index (χ3v) is 3.43. The van der Waals surface area contributed by atoms with Gasteiger partial charge < -0.3 is 11.5 Å². The van der Waals surface area contributed by atoms with Crippen molar-refractivity contribution in [3.8, 4) is 11.1 Å². The number of benzene rings is 2. The molecule has 2 aromatic carbocycles. The fourth-order valence-electron chi connectivity index (χ4n) is 2.30. The van der Waals surface area contributed by atoms with Crippen molar-refractivity contribution in [2.45, 2.75) is 0 Å². The molecule has 0 fully saturated rings. The third-order valence-electron chi connectivity index (χ3n) is 3.43. The van der Waals surface area contributed by atoms with Crippen LogP contribution in [-0.2, 0) is 0 Å². The molecule has 0 saturated heterocycles. The van der Waals surface area contributed by atoms with Gasteiger partial charge in [-0.05, 0) is 11.6 Å². The number of rotatable bonds is 4. The summed E-state index contributed by atoms with van der Waals surface area (Å²) in [5, 5.41) is 7.94. The molecule has 0 radical (unpaired) electrons. The Morgan fingerprint density at radius 1 is 0.708 bits per heavy atom. The molecule has 0 aliphatic heterocycles. The highest BCUT2D eigenvalue weighted by Crippen LogP contribution is 2.19. The highest BCUT2D eigenvalue weighted by Gasteiger charge is 2.09. The Morgan fingerprint density at radius 2 is 1.38 bits per heavy atom. The maximum atomic E-state index is 5.40. The lowest BCUT2D eigenvalue weighted by Crippen LogP contribution is -2.22. The fraction of sp³-hybridized carbons (Fsp3) is 0. The molecule has 0 aliphatic carbocycles. The lowest BCUT2D eigenvalue weighted by atomic mass is 10.0. The average Bonchev–Trinajstić information content (AvgIpc) is 2.64. The summed E-state index contributed by atoms with van der Waals surface area (Å²) in [6, 6.07) is 23.7. The summed E-state index contributed by atoms with van der Waals surface area (Å²) >= 11 is 0. The molecule has 24 heavy (non-hydrogen) atoms. The van der Waals surface area contributed by atoms with Crippen molar-refractivity contribution in [3.05, 3.63) is 90.3 Å². The summed E-state index contributed by atoms with van der Waals surface area (Å²) in [6.45, 7) is 0. The Labute approximate surface area is 140 Å². The van der Waals surface area contributed by atoms with Crippen molar-refractivity contribution >= 4 is 11.7 Å². The second kappa shape index (κ2) is 7.19. The van der Waals surface area contributed by atoms with Crippen molar-refractivity contribution in [2.24, 2.45) is 21.7 Å². The van der Waals surface area contributed by atoms with Crippen LogP contribution in [0.25, 0.3) is 11.1 Å². The van der Waals surface area contributed by atoms with Crippen molar-refractivity contribution in [1.29, 1.82) is 0 Å². The number of hydrogen-bond donors (Lipinski definition) is 2. The van der Waals surface area contributed by atoms with Gasteiger partial charge in [0.05, 0.1) is 5.69 Å². The Morgan fingerprint density at radius 3 is 1.96 bits per heavy atom. The highest BCUT2D eigenvalue weighted by atomic mass is 15.3. The number of aromatic nitrogens is 1. The zero-order valence-corrected chi connectivity index (χ0v) is 13.0. The molecule has 0 spiro atoms. The van der Waals surface area contributed by atoms with Gasteiger partial charge in [-0.1, -0.05) is 66.7 Å². The van der Waals surface area contributed by atoms with Crippen LogP contribution < -0.4 is 11.5 Å². The zero-order chi connectivity index (χ0) is 16.8. The van der Waals surface area contributed by atoms with E-state index in [0.29, 0.717) is 11.4 Å². The van der Waals surface area contributed by atoms with Gasteiger partial charge in [-0.2, -0.15) is 0 Å². The predicted octanol–water partition coefficient (Wildman–Crippen LogP) is 2.77. The second-order valence-electron chi connectivity index (χ2n) is 5.14. The third kappa shape index (κ3) is 3.64. The molecule has 1 aromatic heterocycles. The summed E-state index contributed by atoms with van der Waals surface area (Å²) in [7, 11) is 0. The maximum Gasteiger partial charge on any atom is 0.211 e. The van der Waals surface area contributed by atoms with Gasteiger partial charge in [-0.3, -0.25) is 4.98 Å². The number of guanidine groups is 1. The summed E-state index contributed by atoms with van der Waals surface area (Å²) in [4.78, 5) is 4.53. The van der Waals surface area contributed by atoms with E-state index >= 15 is 0 Å². The fourth-order valence-corrected chi connectivity index (χ4v) is 2.30. The van der Waals surface area contributed by atoms with Gasteiger partial charge in [0.2, 0.25) is 5.96 Å². The maximum absolute atomic E-state index is 5.40. The van der Waals surface area contributed by atoms with E-state index in [1.165, 1.54) is 0 Å². The van der Waals surface area contributed by atoms with Gasteiger partial charge in [0, 0.05) is 17.3 Å². The van der Waals surface area contributed by atoms with Crippen LogP contribution in [0.1, 0.15) is 11.3 Å². The van der Waals surface area contributed by atoms with Crippen molar-refractivity contribution < 1.29 is 0 Å². The molecule has 5 heteroatoms. The first kappa shape index (κ1) is 15.4. The largest absolute Gasteiger partial charge is 0.369 e. The van der Waals surface area contributed by atoms with Crippen LogP contribution >= 0.6 is 0 Å². The van der Waals surface area contributed by atoms with Crippen LogP contribution in [0.3, 0.4) is 0 Å². The summed E-state index contributed by atoms with van der Waals surface area (Å²) in [5.41, 5.74) is 15.1. The first-order valence-electron chi connectivity index (χ1n) is 7.48. The van der Waals surface area contributed by atoms with Crippen molar-refractivity contribution in [2.75, 3.05) is 0 Å². The first-order chi connectivity index (χ1) is 11.7. The molecule has 5 nitrogen and oxygen atoms in total. The normalized spacial score (nSPS) is 11.1. The van der Waals surface area contributed by atoms with Crippen LogP contribution in [0.15, 0.2) is 89.2 Å². The Balaban J connectivity index is 2.00. The molecule has 3 rings (SSSR count). The molecular weight excluding hydrogens is 298 g/mol. The topological polar surface area (TPSA) is 89.7 Å². The molecule has 0 saturated carbocycles. The molecule has 3 aromatic rings. The summed E-state index contributed by atoms with van der Waals surface area (Å²) in [6.07, 6.45) is 1.82. The molecule has 1 heterocycles. The van der Waals surface area contributed by atoms with Crippen LogP contribution in [0.5, 0.6) is 0 Å². The van der Waals surface area contributed by atoms with E-state index in [9.17, 15) is 0 Å². The average molecular weight is 315 g/mol. The van der Waals surface area contributed by atoms with E-state index in [1.807, 2.05) is 79.0 Å². The number of nitrogens with two attached hydrogens (primary N) is 2. The standard InChI is InChI=1S/C19H17N5/c20-19(21)24-23-18(15-9-5-2-6-10-15)17-12-11-16(13-22-17)14-7-3-1-4-8-14/h1-13H,(H4,20,21,24)/b23-18-. The SMILES string of the molecule is NC(N)=N/N=C(/c1ccccc1)c1ccc(-c2ccccc2)cn1. The van der Waals surface area contributed by atoms with E-state index in [4.69, 9.17) is 11.5 Å². The van der Waals surface area contributed by atoms with E-state index < -0.39 is 0 Å². The Bertz CT molecular complexity index is 849. The van der Waals surface area contributed by atoms with E-state index in [-0.39, 0.29) is 5.96 Å². The highest BCUT2D eigenvalue weighted by molar-refractivity contribution is 6.11. The van der Waals surface area contributed by atoms with Crippen molar-refractivity contribution in [3.63, 3.8) is 0 Å². The zero-order valence-electron chi connectivity index (χ0n) is 13.0. The molecule has 0 atom stereocenters. The molecule has 0 unspecified atom stereocenters. The number of pyridine rings is 1. The molecule has 4 N–H and O–H groups in total. The van der Waals surface area contributed by atoms with Gasteiger partial charge in [0.1, 0.15) is 5.71 Å². The molecule has 118 valence electrons. The quantitative estimate of drug-likeness (QED) is 0.441. The van der Waals surface area contributed by atoms with Crippen LogP contribution in [0, 0.1) is 0 Å².